The van der Waals surface area contributed by atoms with Crippen molar-refractivity contribution in [2.75, 3.05) is 32.1 Å². The number of likely N-dealkylation sites (N-methyl/N-ethyl adjacent to an activating group) is 1. The Morgan fingerprint density at radius 3 is 2.74 bits per heavy atom. The zero-order chi connectivity index (χ0) is 21.5. The average Bonchev–Trinajstić information content (AvgIpc) is 3.35. The summed E-state index contributed by atoms with van der Waals surface area (Å²) in [6.07, 6.45) is 8.83. The second-order valence-corrected chi connectivity index (χ2v) is 8.13. The molecule has 31 heavy (non-hydrogen) atoms. The molecule has 0 saturated carbocycles. The number of carbonyl (C=O) groups is 1. The van der Waals surface area contributed by atoms with Gasteiger partial charge in [-0.05, 0) is 26.2 Å². The number of hydrogen-bond acceptors (Lipinski definition) is 8. The Labute approximate surface area is 179 Å². The van der Waals surface area contributed by atoms with Gasteiger partial charge < -0.3 is 14.2 Å². The van der Waals surface area contributed by atoms with Crippen LogP contribution in [0.2, 0.25) is 0 Å². The molecule has 0 amide bonds. The third-order valence-electron chi connectivity index (χ3n) is 5.64. The standard InChI is InChI=1S/C22H23N7O2/c1-27(2)18-11-29(12-18)22-26-20(13-31-22)21(30)6-17-5-14-4-15(7-24-19(14)9-23-17)16-8-25-28(3)10-16/h4-5,7-10,13,18H,6,11-12H2,1-3H3. The van der Waals surface area contributed by atoms with Gasteiger partial charge in [0.2, 0.25) is 0 Å². The summed E-state index contributed by atoms with van der Waals surface area (Å²) >= 11 is 0. The number of rotatable bonds is 6. The topological polar surface area (TPSA) is 93.2 Å². The van der Waals surface area contributed by atoms with E-state index in [1.165, 1.54) is 6.26 Å². The maximum atomic E-state index is 12.7. The van der Waals surface area contributed by atoms with Crippen molar-refractivity contribution in [3.63, 3.8) is 0 Å². The SMILES string of the molecule is CN(C)C1CN(c2nc(C(=O)Cc3cc4cc(-c5cnn(C)c5)cnc4cn3)co2)C1. The molecule has 0 unspecified atom stereocenters. The molecule has 0 atom stereocenters. The zero-order valence-corrected chi connectivity index (χ0v) is 17.7. The highest BCUT2D eigenvalue weighted by atomic mass is 16.4. The van der Waals surface area contributed by atoms with Crippen LogP contribution in [-0.2, 0) is 13.5 Å². The molecule has 0 aromatic carbocycles. The molecule has 1 aliphatic rings. The van der Waals surface area contributed by atoms with Crippen molar-refractivity contribution in [2.45, 2.75) is 12.5 Å². The predicted octanol–water partition coefficient (Wildman–Crippen LogP) is 2.19. The van der Waals surface area contributed by atoms with Crippen molar-refractivity contribution in [1.82, 2.24) is 29.6 Å². The first-order chi connectivity index (χ1) is 15.0. The number of hydrogen-bond donors (Lipinski definition) is 0. The van der Waals surface area contributed by atoms with Gasteiger partial charge in [-0.2, -0.15) is 10.1 Å². The van der Waals surface area contributed by atoms with Gasteiger partial charge in [-0.3, -0.25) is 19.4 Å². The molecule has 5 heterocycles. The van der Waals surface area contributed by atoms with Gasteiger partial charge in [0.05, 0.1) is 24.3 Å². The number of Topliss-reactive ketones (excluding diaryl/α,β-unsaturated/α-hetero) is 1. The second kappa shape index (κ2) is 7.59. The van der Waals surface area contributed by atoms with Gasteiger partial charge in [0.15, 0.2) is 5.78 Å². The quantitative estimate of drug-likeness (QED) is 0.441. The molecule has 5 rings (SSSR count). The van der Waals surface area contributed by atoms with Gasteiger partial charge in [0.25, 0.3) is 6.01 Å². The largest absolute Gasteiger partial charge is 0.431 e. The molecular formula is C22H23N7O2. The van der Waals surface area contributed by atoms with Crippen molar-refractivity contribution in [3.05, 3.63) is 54.6 Å². The van der Waals surface area contributed by atoms with Crippen LogP contribution in [-0.4, -0.2) is 68.6 Å². The fraction of sp³-hybridized carbons (Fsp3) is 0.318. The molecule has 0 N–H and O–H groups in total. The lowest BCUT2D eigenvalue weighted by Crippen LogP contribution is -2.57. The van der Waals surface area contributed by atoms with Crippen molar-refractivity contribution in [1.29, 1.82) is 0 Å². The molecule has 0 radical (unpaired) electrons. The predicted molar refractivity (Wildman–Crippen MR) is 116 cm³/mol. The van der Waals surface area contributed by atoms with Gasteiger partial charge in [-0.15, -0.1) is 0 Å². The van der Waals surface area contributed by atoms with Crippen molar-refractivity contribution >= 4 is 22.7 Å². The van der Waals surface area contributed by atoms with E-state index in [0.29, 0.717) is 23.4 Å². The maximum absolute atomic E-state index is 12.7. The van der Waals surface area contributed by atoms with Crippen LogP contribution in [0.3, 0.4) is 0 Å². The maximum Gasteiger partial charge on any atom is 0.297 e. The molecule has 158 valence electrons. The molecule has 4 aromatic rings. The normalized spacial score (nSPS) is 14.4. The zero-order valence-electron chi connectivity index (χ0n) is 17.7. The molecular weight excluding hydrogens is 394 g/mol. The summed E-state index contributed by atoms with van der Waals surface area (Å²) < 4.78 is 7.28. The Balaban J connectivity index is 1.31. The molecule has 1 aliphatic heterocycles. The number of fused-ring (bicyclic) bond motifs is 1. The van der Waals surface area contributed by atoms with Crippen LogP contribution >= 0.6 is 0 Å². The minimum absolute atomic E-state index is 0.122. The first kappa shape index (κ1) is 19.4. The first-order valence-electron chi connectivity index (χ1n) is 10.1. The molecule has 9 nitrogen and oxygen atoms in total. The van der Waals surface area contributed by atoms with E-state index in [4.69, 9.17) is 4.42 Å². The Hall–Kier alpha value is -3.59. The fourth-order valence-electron chi connectivity index (χ4n) is 3.63. The average molecular weight is 417 g/mol. The van der Waals surface area contributed by atoms with Crippen LogP contribution in [0.5, 0.6) is 0 Å². The minimum atomic E-state index is -0.122. The van der Waals surface area contributed by atoms with Crippen LogP contribution in [0.4, 0.5) is 6.01 Å². The summed E-state index contributed by atoms with van der Waals surface area (Å²) in [5, 5.41) is 5.14. The first-order valence-corrected chi connectivity index (χ1v) is 10.1. The van der Waals surface area contributed by atoms with E-state index in [1.54, 1.807) is 23.3 Å². The fourth-order valence-corrected chi connectivity index (χ4v) is 3.63. The van der Waals surface area contributed by atoms with Crippen LogP contribution in [0.25, 0.3) is 22.0 Å². The van der Waals surface area contributed by atoms with E-state index < -0.39 is 0 Å². The minimum Gasteiger partial charge on any atom is -0.431 e. The molecule has 0 aliphatic carbocycles. The summed E-state index contributed by atoms with van der Waals surface area (Å²) in [7, 11) is 5.99. The number of pyridine rings is 2. The summed E-state index contributed by atoms with van der Waals surface area (Å²) in [6, 6.07) is 4.92. The van der Waals surface area contributed by atoms with Gasteiger partial charge in [0, 0.05) is 60.8 Å². The third-order valence-corrected chi connectivity index (χ3v) is 5.64. The van der Waals surface area contributed by atoms with Gasteiger partial charge >= 0.3 is 0 Å². The van der Waals surface area contributed by atoms with Crippen LogP contribution in [0.1, 0.15) is 16.2 Å². The monoisotopic (exact) mass is 417 g/mol. The van der Waals surface area contributed by atoms with E-state index in [0.717, 1.165) is 35.1 Å². The Bertz CT molecular complexity index is 1250. The van der Waals surface area contributed by atoms with Gasteiger partial charge in [-0.1, -0.05) is 0 Å². The molecule has 0 bridgehead atoms. The van der Waals surface area contributed by atoms with E-state index in [1.807, 2.05) is 30.3 Å². The lowest BCUT2D eigenvalue weighted by atomic mass is 10.1. The third kappa shape index (κ3) is 3.79. The van der Waals surface area contributed by atoms with E-state index in [9.17, 15) is 4.79 Å². The molecule has 4 aromatic heterocycles. The summed E-state index contributed by atoms with van der Waals surface area (Å²) in [5.41, 5.74) is 3.73. The van der Waals surface area contributed by atoms with E-state index in [-0.39, 0.29) is 12.2 Å². The smallest absolute Gasteiger partial charge is 0.297 e. The summed E-state index contributed by atoms with van der Waals surface area (Å²) in [4.78, 5) is 30.2. The molecule has 9 heteroatoms. The highest BCUT2D eigenvalue weighted by Crippen LogP contribution is 2.24. The lowest BCUT2D eigenvalue weighted by molar-refractivity contribution is 0.0987. The Morgan fingerprint density at radius 1 is 1.16 bits per heavy atom. The Kier molecular flexibility index (Phi) is 4.74. The number of carbonyl (C=O) groups excluding carboxylic acids is 1. The number of aromatic nitrogens is 5. The number of oxazole rings is 1. The number of aryl methyl sites for hydroxylation is 1. The number of ketones is 1. The molecule has 0 spiro atoms. The van der Waals surface area contributed by atoms with Crippen LogP contribution < -0.4 is 4.90 Å². The molecule has 1 fully saturated rings. The van der Waals surface area contributed by atoms with Gasteiger partial charge in [0.1, 0.15) is 12.0 Å². The second-order valence-electron chi connectivity index (χ2n) is 8.13. The summed E-state index contributed by atoms with van der Waals surface area (Å²) in [6.45, 7) is 1.69. The van der Waals surface area contributed by atoms with Crippen molar-refractivity contribution in [2.24, 2.45) is 7.05 Å². The van der Waals surface area contributed by atoms with E-state index >= 15 is 0 Å². The molecule has 1 saturated heterocycles. The number of anilines is 1. The van der Waals surface area contributed by atoms with E-state index in [2.05, 4.69) is 39.0 Å². The Morgan fingerprint density at radius 2 is 2.00 bits per heavy atom. The summed E-state index contributed by atoms with van der Waals surface area (Å²) in [5.74, 6) is -0.122. The lowest BCUT2D eigenvalue weighted by Gasteiger charge is -2.41. The van der Waals surface area contributed by atoms with Crippen molar-refractivity contribution in [3.8, 4) is 11.1 Å². The number of nitrogens with zero attached hydrogens (tertiary/aromatic N) is 7. The highest BCUT2D eigenvalue weighted by molar-refractivity contribution is 5.96. The van der Waals surface area contributed by atoms with Gasteiger partial charge in [-0.25, -0.2) is 0 Å². The highest BCUT2D eigenvalue weighted by Gasteiger charge is 2.31. The van der Waals surface area contributed by atoms with Crippen molar-refractivity contribution < 1.29 is 9.21 Å². The van der Waals surface area contributed by atoms with Crippen LogP contribution in [0.15, 0.2) is 47.6 Å². The van der Waals surface area contributed by atoms with Crippen LogP contribution in [0, 0.1) is 0 Å².